The van der Waals surface area contributed by atoms with Gasteiger partial charge in [0.2, 0.25) is 0 Å². The summed E-state index contributed by atoms with van der Waals surface area (Å²) < 4.78 is 6.11. The standard InChI is InChI=1S/C12H21NOSi/c1-12(2,3)15(4,5)14-11-9-7-6-8-10(11)13/h6-9H,13H2,1-5H3. The molecule has 1 rings (SSSR count). The summed E-state index contributed by atoms with van der Waals surface area (Å²) >= 11 is 0. The first kappa shape index (κ1) is 12.1. The number of anilines is 1. The van der Waals surface area contributed by atoms with E-state index in [2.05, 4.69) is 33.9 Å². The van der Waals surface area contributed by atoms with Crippen molar-refractivity contribution in [2.75, 3.05) is 5.73 Å². The molecule has 0 bridgehead atoms. The third-order valence-corrected chi connectivity index (χ3v) is 7.43. The van der Waals surface area contributed by atoms with Gasteiger partial charge in [0.05, 0.1) is 5.69 Å². The van der Waals surface area contributed by atoms with Gasteiger partial charge in [-0.1, -0.05) is 32.9 Å². The van der Waals surface area contributed by atoms with E-state index in [-0.39, 0.29) is 5.04 Å². The van der Waals surface area contributed by atoms with Crippen LogP contribution >= 0.6 is 0 Å². The first-order valence-electron chi connectivity index (χ1n) is 5.27. The third kappa shape index (κ3) is 2.75. The van der Waals surface area contributed by atoms with Gasteiger partial charge < -0.3 is 10.2 Å². The average molecular weight is 223 g/mol. The first-order valence-corrected chi connectivity index (χ1v) is 8.18. The van der Waals surface area contributed by atoms with Crippen molar-refractivity contribution >= 4 is 14.0 Å². The zero-order valence-corrected chi connectivity index (χ0v) is 11.3. The van der Waals surface area contributed by atoms with Crippen LogP contribution in [-0.2, 0) is 0 Å². The van der Waals surface area contributed by atoms with E-state index in [1.807, 2.05) is 24.3 Å². The number of para-hydroxylation sites is 2. The number of benzene rings is 1. The van der Waals surface area contributed by atoms with E-state index < -0.39 is 8.32 Å². The number of nitrogen functional groups attached to an aromatic ring is 1. The summed E-state index contributed by atoms with van der Waals surface area (Å²) in [7, 11) is -1.76. The lowest BCUT2D eigenvalue weighted by Gasteiger charge is -2.36. The summed E-state index contributed by atoms with van der Waals surface area (Å²) in [5, 5.41) is 0.204. The molecule has 1 aromatic carbocycles. The minimum absolute atomic E-state index is 0.204. The van der Waals surface area contributed by atoms with Crippen molar-refractivity contribution < 1.29 is 4.43 Å². The molecule has 1 aromatic rings. The zero-order valence-electron chi connectivity index (χ0n) is 10.3. The van der Waals surface area contributed by atoms with E-state index in [4.69, 9.17) is 10.2 Å². The van der Waals surface area contributed by atoms with Crippen LogP contribution in [0.1, 0.15) is 20.8 Å². The lowest BCUT2D eigenvalue weighted by Crippen LogP contribution is -2.44. The minimum atomic E-state index is -1.76. The van der Waals surface area contributed by atoms with Crippen molar-refractivity contribution in [1.29, 1.82) is 0 Å². The summed E-state index contributed by atoms with van der Waals surface area (Å²) in [6, 6.07) is 7.70. The third-order valence-electron chi connectivity index (χ3n) is 3.09. The Labute approximate surface area is 93.6 Å². The number of hydrogen-bond acceptors (Lipinski definition) is 2. The normalized spacial score (nSPS) is 12.6. The molecule has 0 saturated heterocycles. The van der Waals surface area contributed by atoms with Crippen molar-refractivity contribution in [3.05, 3.63) is 24.3 Å². The number of rotatable bonds is 2. The second kappa shape index (κ2) is 3.89. The van der Waals surface area contributed by atoms with Gasteiger partial charge in [0, 0.05) is 0 Å². The summed E-state index contributed by atoms with van der Waals surface area (Å²) in [6.07, 6.45) is 0. The monoisotopic (exact) mass is 223 g/mol. The number of nitrogens with two attached hydrogens (primary N) is 1. The fourth-order valence-corrected chi connectivity index (χ4v) is 2.04. The molecule has 0 amide bonds. The highest BCUT2D eigenvalue weighted by Crippen LogP contribution is 2.38. The Hall–Kier alpha value is -0.963. The van der Waals surface area contributed by atoms with Crippen molar-refractivity contribution in [1.82, 2.24) is 0 Å². The summed E-state index contributed by atoms with van der Waals surface area (Å²) in [6.45, 7) is 11.1. The maximum absolute atomic E-state index is 6.11. The molecular weight excluding hydrogens is 202 g/mol. The maximum atomic E-state index is 6.11. The van der Waals surface area contributed by atoms with E-state index in [1.54, 1.807) is 0 Å². The SMILES string of the molecule is CC(C)(C)[Si](C)(C)Oc1ccccc1N. The van der Waals surface area contributed by atoms with Crippen LogP contribution in [0.15, 0.2) is 24.3 Å². The van der Waals surface area contributed by atoms with Crippen LogP contribution in [0, 0.1) is 0 Å². The van der Waals surface area contributed by atoms with E-state index in [9.17, 15) is 0 Å². The van der Waals surface area contributed by atoms with Crippen LogP contribution in [0.5, 0.6) is 5.75 Å². The highest BCUT2D eigenvalue weighted by molar-refractivity contribution is 6.74. The van der Waals surface area contributed by atoms with Gasteiger partial charge in [-0.3, -0.25) is 0 Å². The predicted octanol–water partition coefficient (Wildman–Crippen LogP) is 3.65. The van der Waals surface area contributed by atoms with Gasteiger partial charge in [-0.25, -0.2) is 0 Å². The Morgan fingerprint density at radius 1 is 1.13 bits per heavy atom. The minimum Gasteiger partial charge on any atom is -0.542 e. The smallest absolute Gasteiger partial charge is 0.250 e. The number of hydrogen-bond donors (Lipinski definition) is 1. The molecule has 84 valence electrons. The molecule has 0 unspecified atom stereocenters. The largest absolute Gasteiger partial charge is 0.542 e. The lowest BCUT2D eigenvalue weighted by atomic mass is 10.2. The van der Waals surface area contributed by atoms with Crippen molar-refractivity contribution in [2.45, 2.75) is 38.9 Å². The lowest BCUT2D eigenvalue weighted by molar-refractivity contribution is 0.494. The molecule has 0 aliphatic rings. The van der Waals surface area contributed by atoms with Crippen LogP contribution in [0.4, 0.5) is 5.69 Å². The van der Waals surface area contributed by atoms with Gasteiger partial charge >= 0.3 is 0 Å². The molecule has 0 heterocycles. The van der Waals surface area contributed by atoms with Gasteiger partial charge in [-0.15, -0.1) is 0 Å². The highest BCUT2D eigenvalue weighted by Gasteiger charge is 2.39. The molecule has 3 heteroatoms. The van der Waals surface area contributed by atoms with E-state index in [0.29, 0.717) is 0 Å². The predicted molar refractivity (Wildman–Crippen MR) is 68.7 cm³/mol. The molecule has 2 N–H and O–H groups in total. The first-order chi connectivity index (χ1) is 6.74. The van der Waals surface area contributed by atoms with Gasteiger partial charge in [0.1, 0.15) is 5.75 Å². The molecule has 0 fully saturated rings. The molecule has 0 atom stereocenters. The van der Waals surface area contributed by atoms with E-state index in [0.717, 1.165) is 11.4 Å². The average Bonchev–Trinajstić information content (AvgIpc) is 2.06. The molecule has 0 aliphatic heterocycles. The molecule has 0 saturated carbocycles. The Morgan fingerprint density at radius 2 is 1.67 bits per heavy atom. The van der Waals surface area contributed by atoms with Gasteiger partial charge in [-0.05, 0) is 30.3 Å². The Bertz CT molecular complexity index is 342. The molecule has 2 nitrogen and oxygen atoms in total. The summed E-state index contributed by atoms with van der Waals surface area (Å²) in [5.74, 6) is 0.823. The topological polar surface area (TPSA) is 35.2 Å². The Morgan fingerprint density at radius 3 is 2.13 bits per heavy atom. The second-order valence-corrected chi connectivity index (χ2v) is 10.1. The van der Waals surface area contributed by atoms with Crippen molar-refractivity contribution in [3.63, 3.8) is 0 Å². The molecule has 0 aromatic heterocycles. The summed E-state index contributed by atoms with van der Waals surface area (Å²) in [5.41, 5.74) is 6.59. The Kier molecular flexibility index (Phi) is 3.14. The fraction of sp³-hybridized carbons (Fsp3) is 0.500. The van der Waals surface area contributed by atoms with Gasteiger partial charge in [0.25, 0.3) is 8.32 Å². The highest BCUT2D eigenvalue weighted by atomic mass is 28.4. The van der Waals surface area contributed by atoms with Crippen LogP contribution in [-0.4, -0.2) is 8.32 Å². The van der Waals surface area contributed by atoms with Gasteiger partial charge in [-0.2, -0.15) is 0 Å². The van der Waals surface area contributed by atoms with Crippen molar-refractivity contribution in [3.8, 4) is 5.75 Å². The second-order valence-electron chi connectivity index (χ2n) is 5.40. The molecular formula is C12H21NOSi. The van der Waals surface area contributed by atoms with Crippen LogP contribution in [0.2, 0.25) is 18.1 Å². The molecule has 15 heavy (non-hydrogen) atoms. The maximum Gasteiger partial charge on any atom is 0.250 e. The quantitative estimate of drug-likeness (QED) is 0.613. The van der Waals surface area contributed by atoms with Crippen LogP contribution < -0.4 is 10.2 Å². The van der Waals surface area contributed by atoms with E-state index in [1.165, 1.54) is 0 Å². The Balaban J connectivity index is 2.92. The molecule has 0 spiro atoms. The van der Waals surface area contributed by atoms with E-state index >= 15 is 0 Å². The fourth-order valence-electron chi connectivity index (χ4n) is 1.00. The molecule has 0 aliphatic carbocycles. The summed E-state index contributed by atoms with van der Waals surface area (Å²) in [4.78, 5) is 0. The molecule has 0 radical (unpaired) electrons. The van der Waals surface area contributed by atoms with Crippen LogP contribution in [0.25, 0.3) is 0 Å². The van der Waals surface area contributed by atoms with Crippen LogP contribution in [0.3, 0.4) is 0 Å². The van der Waals surface area contributed by atoms with Gasteiger partial charge in [0.15, 0.2) is 0 Å². The zero-order chi connectivity index (χ0) is 11.7. The van der Waals surface area contributed by atoms with Crippen molar-refractivity contribution in [2.24, 2.45) is 0 Å².